The number of hydrogen-bond acceptors (Lipinski definition) is 4. The number of rotatable bonds is 5. The first-order chi connectivity index (χ1) is 9.31. The van der Waals surface area contributed by atoms with Gasteiger partial charge in [0.2, 0.25) is 10.0 Å². The molecule has 1 atom stereocenters. The summed E-state index contributed by atoms with van der Waals surface area (Å²) in [6.45, 7) is 3.49. The van der Waals surface area contributed by atoms with Gasteiger partial charge in [-0.1, -0.05) is 12.8 Å². The number of thiophene rings is 1. The summed E-state index contributed by atoms with van der Waals surface area (Å²) < 4.78 is 27.4. The molecule has 5 nitrogen and oxygen atoms in total. The Hall–Kier alpha value is -0.920. The van der Waals surface area contributed by atoms with Crippen LogP contribution in [0, 0.1) is 12.8 Å². The van der Waals surface area contributed by atoms with Crippen LogP contribution < -0.4 is 4.72 Å². The number of hydrogen-bond donors (Lipinski definition) is 2. The zero-order valence-corrected chi connectivity index (χ0v) is 13.2. The highest BCUT2D eigenvalue weighted by atomic mass is 32.2. The van der Waals surface area contributed by atoms with Crippen LogP contribution in [0.3, 0.4) is 0 Å². The summed E-state index contributed by atoms with van der Waals surface area (Å²) in [5.74, 6) is -0.706. The Kier molecular flexibility index (Phi) is 4.51. The van der Waals surface area contributed by atoms with E-state index in [2.05, 4.69) is 4.72 Å². The molecule has 1 saturated carbocycles. The van der Waals surface area contributed by atoms with E-state index in [0.717, 1.165) is 37.0 Å². The molecule has 0 unspecified atom stereocenters. The smallest absolute Gasteiger partial charge is 0.346 e. The molecule has 0 bridgehead atoms. The molecule has 1 aliphatic carbocycles. The fourth-order valence-electron chi connectivity index (χ4n) is 2.65. The third-order valence-corrected chi connectivity index (χ3v) is 7.06. The monoisotopic (exact) mass is 317 g/mol. The predicted octanol–water partition coefficient (Wildman–Crippen LogP) is 2.61. The molecule has 0 amide bonds. The van der Waals surface area contributed by atoms with Crippen molar-refractivity contribution in [2.45, 2.75) is 49.8 Å². The summed E-state index contributed by atoms with van der Waals surface area (Å²) in [5, 5.41) is 8.99. The average molecular weight is 317 g/mol. The minimum absolute atomic E-state index is 0.0808. The normalized spacial score (nSPS) is 18.3. The van der Waals surface area contributed by atoms with Gasteiger partial charge in [0.1, 0.15) is 9.09 Å². The van der Waals surface area contributed by atoms with E-state index >= 15 is 0 Å². The highest BCUT2D eigenvalue weighted by Crippen LogP contribution is 2.30. The molecule has 2 rings (SSSR count). The summed E-state index contributed by atoms with van der Waals surface area (Å²) in [5.41, 5.74) is 0.483. The largest absolute Gasteiger partial charge is 0.477 e. The summed E-state index contributed by atoms with van der Waals surface area (Å²) in [7, 11) is -3.63. The molecule has 0 radical (unpaired) electrons. The topological polar surface area (TPSA) is 83.5 Å². The van der Waals surface area contributed by atoms with E-state index in [4.69, 9.17) is 5.11 Å². The molecule has 1 heterocycles. The van der Waals surface area contributed by atoms with Crippen LogP contribution in [0.15, 0.2) is 10.3 Å². The van der Waals surface area contributed by atoms with Crippen molar-refractivity contribution < 1.29 is 18.3 Å². The van der Waals surface area contributed by atoms with Crippen LogP contribution in [0.4, 0.5) is 0 Å². The molecule has 112 valence electrons. The maximum absolute atomic E-state index is 12.3. The maximum atomic E-state index is 12.3. The fraction of sp³-hybridized carbons (Fsp3) is 0.615. The molecular weight excluding hydrogens is 298 g/mol. The van der Waals surface area contributed by atoms with E-state index in [-0.39, 0.29) is 15.1 Å². The van der Waals surface area contributed by atoms with Gasteiger partial charge in [0, 0.05) is 6.04 Å². The van der Waals surface area contributed by atoms with Gasteiger partial charge in [0.05, 0.1) is 0 Å². The molecule has 20 heavy (non-hydrogen) atoms. The molecule has 1 fully saturated rings. The molecule has 1 aromatic rings. The molecule has 0 spiro atoms. The highest BCUT2D eigenvalue weighted by molar-refractivity contribution is 7.91. The standard InChI is InChI=1S/C13H19NO4S2/c1-8-7-11(19-12(8)13(15)16)20(17,18)14-9(2)10-5-3-4-6-10/h7,9-10,14H,3-6H2,1-2H3,(H,15,16)/t9-/m1/s1. The number of carbonyl (C=O) groups is 1. The van der Waals surface area contributed by atoms with Gasteiger partial charge >= 0.3 is 5.97 Å². The van der Waals surface area contributed by atoms with Crippen LogP contribution in [0.2, 0.25) is 0 Å². The van der Waals surface area contributed by atoms with Gasteiger partial charge in [-0.05, 0) is 44.2 Å². The van der Waals surface area contributed by atoms with E-state index in [1.54, 1.807) is 6.92 Å². The van der Waals surface area contributed by atoms with E-state index in [1.807, 2.05) is 6.92 Å². The van der Waals surface area contributed by atoms with Crippen LogP contribution in [0.25, 0.3) is 0 Å². The van der Waals surface area contributed by atoms with Crippen molar-refractivity contribution in [2.75, 3.05) is 0 Å². The number of aromatic carboxylic acids is 1. The third-order valence-electron chi connectivity index (χ3n) is 3.80. The Morgan fingerprint density at radius 2 is 2.05 bits per heavy atom. The average Bonchev–Trinajstić information content (AvgIpc) is 2.96. The van der Waals surface area contributed by atoms with E-state index in [1.165, 1.54) is 6.07 Å². The Morgan fingerprint density at radius 3 is 2.55 bits per heavy atom. The van der Waals surface area contributed by atoms with Crippen LogP contribution in [0.5, 0.6) is 0 Å². The van der Waals surface area contributed by atoms with Crippen molar-refractivity contribution >= 4 is 27.3 Å². The minimum atomic E-state index is -3.63. The van der Waals surface area contributed by atoms with Crippen LogP contribution >= 0.6 is 11.3 Å². The molecule has 1 aliphatic rings. The second-order valence-electron chi connectivity index (χ2n) is 5.34. The first kappa shape index (κ1) is 15.5. The number of carboxylic acids is 1. The summed E-state index contributed by atoms with van der Waals surface area (Å²) in [4.78, 5) is 11.1. The molecule has 1 aromatic heterocycles. The lowest BCUT2D eigenvalue weighted by Gasteiger charge is -2.19. The molecular formula is C13H19NO4S2. The lowest BCUT2D eigenvalue weighted by Crippen LogP contribution is -2.36. The van der Waals surface area contributed by atoms with E-state index in [0.29, 0.717) is 11.5 Å². The second-order valence-corrected chi connectivity index (χ2v) is 8.33. The van der Waals surface area contributed by atoms with Crippen molar-refractivity contribution in [3.8, 4) is 0 Å². The quantitative estimate of drug-likeness (QED) is 0.874. The van der Waals surface area contributed by atoms with Gasteiger partial charge < -0.3 is 5.11 Å². The summed E-state index contributed by atoms with van der Waals surface area (Å²) in [6.07, 6.45) is 4.40. The number of sulfonamides is 1. The Bertz CT molecular complexity index is 600. The molecule has 0 aromatic carbocycles. The first-order valence-electron chi connectivity index (χ1n) is 6.67. The SMILES string of the molecule is Cc1cc(S(=O)(=O)N[C@H](C)C2CCCC2)sc1C(=O)O. The zero-order chi connectivity index (χ0) is 14.9. The molecule has 7 heteroatoms. The Morgan fingerprint density at radius 1 is 1.45 bits per heavy atom. The fourth-order valence-corrected chi connectivity index (χ4v) is 5.36. The summed E-state index contributed by atoms with van der Waals surface area (Å²) in [6, 6.07) is 1.32. The van der Waals surface area contributed by atoms with Crippen molar-refractivity contribution in [3.63, 3.8) is 0 Å². The second kappa shape index (κ2) is 5.83. The zero-order valence-electron chi connectivity index (χ0n) is 11.5. The van der Waals surface area contributed by atoms with Crippen LogP contribution in [-0.2, 0) is 10.0 Å². The Labute approximate surface area is 123 Å². The molecule has 2 N–H and O–H groups in total. The summed E-state index contributed by atoms with van der Waals surface area (Å²) >= 11 is 0.809. The van der Waals surface area contributed by atoms with Crippen molar-refractivity contribution in [3.05, 3.63) is 16.5 Å². The minimum Gasteiger partial charge on any atom is -0.477 e. The molecule has 0 aliphatic heterocycles. The third kappa shape index (κ3) is 3.21. The lowest BCUT2D eigenvalue weighted by atomic mass is 10.0. The van der Waals surface area contributed by atoms with Crippen molar-refractivity contribution in [1.82, 2.24) is 4.72 Å². The Balaban J connectivity index is 2.17. The van der Waals surface area contributed by atoms with Gasteiger partial charge in [0.15, 0.2) is 0 Å². The van der Waals surface area contributed by atoms with Gasteiger partial charge in [-0.3, -0.25) is 0 Å². The van der Waals surface area contributed by atoms with E-state index < -0.39 is 16.0 Å². The van der Waals surface area contributed by atoms with Gasteiger partial charge in [-0.25, -0.2) is 17.9 Å². The first-order valence-corrected chi connectivity index (χ1v) is 8.97. The number of nitrogens with one attached hydrogen (secondary N) is 1. The van der Waals surface area contributed by atoms with Crippen molar-refractivity contribution in [2.24, 2.45) is 5.92 Å². The van der Waals surface area contributed by atoms with Gasteiger partial charge in [-0.15, -0.1) is 11.3 Å². The van der Waals surface area contributed by atoms with Crippen LogP contribution in [-0.4, -0.2) is 25.5 Å². The van der Waals surface area contributed by atoms with E-state index in [9.17, 15) is 13.2 Å². The maximum Gasteiger partial charge on any atom is 0.346 e. The lowest BCUT2D eigenvalue weighted by molar-refractivity contribution is 0.0701. The predicted molar refractivity (Wildman–Crippen MR) is 77.8 cm³/mol. The number of aryl methyl sites for hydroxylation is 1. The van der Waals surface area contributed by atoms with Gasteiger partial charge in [-0.2, -0.15) is 0 Å². The molecule has 0 saturated heterocycles. The van der Waals surface area contributed by atoms with Crippen LogP contribution in [0.1, 0.15) is 47.8 Å². The van der Waals surface area contributed by atoms with Gasteiger partial charge in [0.25, 0.3) is 0 Å². The number of carboxylic acid groups (broad SMARTS) is 1. The highest BCUT2D eigenvalue weighted by Gasteiger charge is 2.28. The van der Waals surface area contributed by atoms with Crippen molar-refractivity contribution in [1.29, 1.82) is 0 Å².